The fourth-order valence-corrected chi connectivity index (χ4v) is 19.7. The largest absolute Gasteiger partial charge is 0.310 e. The average Bonchev–Trinajstić information content (AvgIpc) is 1.51. The quantitative estimate of drug-likeness (QED) is 0.107. The minimum atomic E-state index is -0.757. The topological polar surface area (TPSA) is 6.48 Å². The Hall–Kier alpha value is -13.4. The van der Waals surface area contributed by atoms with Crippen LogP contribution in [0.15, 0.2) is 389 Å². The van der Waals surface area contributed by atoms with Crippen LogP contribution < -0.4 is 9.80 Å². The van der Waals surface area contributed by atoms with E-state index < -0.39 is 16.2 Å². The second kappa shape index (κ2) is 26.4. The van der Waals surface area contributed by atoms with E-state index in [0.29, 0.717) is 0 Å². The van der Waals surface area contributed by atoms with Crippen molar-refractivity contribution < 1.29 is 0 Å². The summed E-state index contributed by atoms with van der Waals surface area (Å²) < 4.78 is 0. The van der Waals surface area contributed by atoms with Crippen LogP contribution in [0, 0.1) is 0 Å². The predicted molar refractivity (Wildman–Crippen MR) is 475 cm³/mol. The number of hydrogen-bond acceptors (Lipinski definition) is 2. The third-order valence-corrected chi connectivity index (χ3v) is 25.1. The highest BCUT2D eigenvalue weighted by Crippen LogP contribution is 2.66. The van der Waals surface area contributed by atoms with Gasteiger partial charge in [0.1, 0.15) is 0 Å². The Morgan fingerprint density at radius 2 is 0.442 bits per heavy atom. The van der Waals surface area contributed by atoms with Gasteiger partial charge in [0.05, 0.1) is 16.2 Å². The molecule has 4 aliphatic rings. The van der Waals surface area contributed by atoms with E-state index in [1.807, 2.05) is 12.2 Å². The first-order valence-electron chi connectivity index (χ1n) is 39.7. The molecule has 2 unspecified atom stereocenters. The summed E-state index contributed by atoms with van der Waals surface area (Å²) in [4.78, 5) is 5.06. The molecule has 0 amide bonds. The highest BCUT2D eigenvalue weighted by Gasteiger charge is 2.53. The lowest BCUT2D eigenvalue weighted by Gasteiger charge is -2.36. The number of benzene rings is 16. The van der Waals surface area contributed by atoms with E-state index in [2.05, 4.69) is 441 Å². The Kier molecular flexibility index (Phi) is 16.1. The lowest BCUT2D eigenvalue weighted by atomic mass is 9.67. The molecule has 4 aliphatic carbocycles. The van der Waals surface area contributed by atoms with Gasteiger partial charge >= 0.3 is 0 Å². The van der Waals surface area contributed by atoms with Crippen LogP contribution in [0.5, 0.6) is 0 Å². The van der Waals surface area contributed by atoms with Crippen molar-refractivity contribution in [1.29, 1.82) is 0 Å². The summed E-state index contributed by atoms with van der Waals surface area (Å²) in [6.45, 7) is 22.2. The van der Waals surface area contributed by atoms with Crippen LogP contribution in [0.4, 0.5) is 34.1 Å². The van der Waals surface area contributed by atoms with Gasteiger partial charge in [-0.1, -0.05) is 370 Å². The number of hydrogen-bond donors (Lipinski definition) is 0. The molecule has 0 bridgehead atoms. The van der Waals surface area contributed by atoms with Gasteiger partial charge in [0.15, 0.2) is 0 Å². The molecule has 540 valence electrons. The summed E-state index contributed by atoms with van der Waals surface area (Å²) in [7, 11) is 0. The fourth-order valence-electron chi connectivity index (χ4n) is 19.7. The Labute approximate surface area is 665 Å². The van der Waals surface area contributed by atoms with Crippen LogP contribution in [-0.4, -0.2) is 0 Å². The molecule has 16 aromatic rings. The van der Waals surface area contributed by atoms with E-state index in [1.165, 1.54) is 134 Å². The number of nitrogens with zero attached hydrogens (tertiary/aromatic N) is 2. The zero-order valence-electron chi connectivity index (χ0n) is 64.8. The summed E-state index contributed by atoms with van der Waals surface area (Å²) in [6.07, 6.45) is 3.89. The minimum Gasteiger partial charge on any atom is -0.310 e. The van der Waals surface area contributed by atoms with E-state index in [9.17, 15) is 0 Å². The van der Waals surface area contributed by atoms with Gasteiger partial charge in [-0.15, -0.1) is 0 Å². The molecule has 0 saturated heterocycles. The number of rotatable bonds is 14. The first-order valence-corrected chi connectivity index (χ1v) is 39.7. The van der Waals surface area contributed by atoms with E-state index in [1.54, 1.807) is 0 Å². The second-order valence-electron chi connectivity index (χ2n) is 33.2. The molecular weight excluding hydrogens is 1360 g/mol. The molecule has 2 nitrogen and oxygen atoms in total. The smallest absolute Gasteiger partial charge is 0.0727 e. The Balaban J connectivity index is 0.810. The molecule has 1 spiro atoms. The number of fused-ring (bicyclic) bond motifs is 16. The van der Waals surface area contributed by atoms with Crippen molar-refractivity contribution >= 4 is 46.3 Å². The molecule has 0 N–H and O–H groups in total. The average molecular weight is 1450 g/mol. The highest BCUT2D eigenvalue weighted by atomic mass is 15.1. The summed E-state index contributed by atoms with van der Waals surface area (Å²) >= 11 is 0. The highest BCUT2D eigenvalue weighted by molar-refractivity contribution is 5.99. The van der Waals surface area contributed by atoms with Gasteiger partial charge in [0.25, 0.3) is 0 Å². The van der Waals surface area contributed by atoms with Gasteiger partial charge in [-0.05, 0) is 239 Å². The monoisotopic (exact) mass is 1450 g/mol. The number of anilines is 6. The Bertz CT molecular complexity index is 6030. The SMILES string of the molecule is C=Cc1ccc(C2(c3ccc(C(C)(C)C)cc3)c3ccccc3-c3ccc(N(c4ccc(-c5ccccc5)cc4)c4ccc5c(c4)C4(c6ccccc6-5)c5ccccc5-c5ccc(N(c6ccc(-c7ccccc7)cc6)c6ccc7c(c6)C(c6ccc(C=C)cc6)(c6ccc(C(C)(C)C)cc6)c6ccccc6-7)cc54)cc32)cc1. The van der Waals surface area contributed by atoms with Crippen molar-refractivity contribution in [3.05, 3.63) is 478 Å². The molecule has 113 heavy (non-hydrogen) atoms. The van der Waals surface area contributed by atoms with Crippen molar-refractivity contribution in [2.24, 2.45) is 0 Å². The lowest BCUT2D eigenvalue weighted by molar-refractivity contribution is 0.589. The summed E-state index contributed by atoms with van der Waals surface area (Å²) in [6, 6.07) is 143. The molecule has 0 radical (unpaired) electrons. The van der Waals surface area contributed by atoms with Crippen molar-refractivity contribution in [2.75, 3.05) is 9.80 Å². The van der Waals surface area contributed by atoms with Crippen molar-refractivity contribution in [2.45, 2.75) is 68.6 Å². The van der Waals surface area contributed by atoms with E-state index in [4.69, 9.17) is 0 Å². The molecule has 20 rings (SSSR count). The van der Waals surface area contributed by atoms with Crippen molar-refractivity contribution in [1.82, 2.24) is 0 Å². The maximum absolute atomic E-state index is 4.21. The van der Waals surface area contributed by atoms with Gasteiger partial charge < -0.3 is 9.80 Å². The summed E-state index contributed by atoms with van der Waals surface area (Å²) in [5.74, 6) is 0. The summed E-state index contributed by atoms with van der Waals surface area (Å²) in [5, 5.41) is 0. The first kappa shape index (κ1) is 68.8. The van der Waals surface area contributed by atoms with Crippen LogP contribution in [0.2, 0.25) is 0 Å². The van der Waals surface area contributed by atoms with Crippen LogP contribution in [-0.2, 0) is 27.1 Å². The third kappa shape index (κ3) is 10.6. The Morgan fingerprint density at radius 3 is 0.726 bits per heavy atom. The second-order valence-corrected chi connectivity index (χ2v) is 33.2. The molecule has 16 aromatic carbocycles. The van der Waals surface area contributed by atoms with Gasteiger partial charge in [-0.2, -0.15) is 0 Å². The van der Waals surface area contributed by atoms with Gasteiger partial charge in [0.2, 0.25) is 0 Å². The minimum absolute atomic E-state index is 0.0323. The molecule has 0 saturated carbocycles. The Morgan fingerprint density at radius 1 is 0.212 bits per heavy atom. The normalized spacial score (nSPS) is 16.4. The zero-order chi connectivity index (χ0) is 76.5. The van der Waals surface area contributed by atoms with E-state index in [0.717, 1.165) is 56.4 Å². The fraction of sp³-hybridized carbons (Fsp3) is 0.0991. The van der Waals surface area contributed by atoms with Crippen molar-refractivity contribution in [3.8, 4) is 66.8 Å². The summed E-state index contributed by atoms with van der Waals surface area (Å²) in [5.41, 5.74) is 38.4. The standard InChI is InChI=1S/C111H86N2/c1-9-73-37-45-81(46-38-73)109(83-53-49-79(50-54-83)107(3,4)5)99-33-21-17-29-91(99)95-65-61-87(69-103(95)109)112(85-57-41-77(42-58-85)75-25-13-11-14-26-75)89-63-67-97-93-31-19-23-35-101(93)111(105(97)71-89)102-36-24-20-32-94(102)98-68-64-90(72-106(98)111)113(86-59-43-78(44-60-86)76-27-15-12-16-28-76)88-62-66-96-92-30-18-22-34-100(92)110(104(96)70-88,82-47-39-74(10-2)40-48-82)84-55-51-80(52-56-84)108(6,7)8/h9-72H,1-2H2,3-8H3. The van der Waals surface area contributed by atoms with Crippen LogP contribution in [0.1, 0.15) is 131 Å². The molecule has 0 aromatic heterocycles. The molecule has 0 heterocycles. The van der Waals surface area contributed by atoms with Gasteiger partial charge in [-0.3, -0.25) is 0 Å². The maximum atomic E-state index is 4.21. The third-order valence-electron chi connectivity index (χ3n) is 25.1. The molecule has 0 fully saturated rings. The van der Waals surface area contributed by atoms with E-state index >= 15 is 0 Å². The van der Waals surface area contributed by atoms with Crippen LogP contribution in [0.3, 0.4) is 0 Å². The molecule has 0 aliphatic heterocycles. The maximum Gasteiger partial charge on any atom is 0.0727 e. The molecular formula is C111H86N2. The molecule has 2 heteroatoms. The van der Waals surface area contributed by atoms with Crippen LogP contribution >= 0.6 is 0 Å². The first-order chi connectivity index (χ1) is 55.2. The molecule has 2 atom stereocenters. The zero-order valence-corrected chi connectivity index (χ0v) is 64.8. The van der Waals surface area contributed by atoms with Gasteiger partial charge in [0, 0.05) is 34.1 Å². The van der Waals surface area contributed by atoms with Gasteiger partial charge in [-0.25, -0.2) is 0 Å². The lowest BCUT2D eigenvalue weighted by Crippen LogP contribution is -2.29. The predicted octanol–water partition coefficient (Wildman–Crippen LogP) is 28.9. The van der Waals surface area contributed by atoms with E-state index in [-0.39, 0.29) is 10.8 Å². The van der Waals surface area contributed by atoms with Crippen molar-refractivity contribution in [3.63, 3.8) is 0 Å². The van der Waals surface area contributed by atoms with Crippen LogP contribution in [0.25, 0.3) is 78.9 Å².